The van der Waals surface area contributed by atoms with Gasteiger partial charge in [0, 0.05) is 5.88 Å². The summed E-state index contributed by atoms with van der Waals surface area (Å²) < 4.78 is 27.3. The molecule has 0 aromatic rings. The molecule has 0 atom stereocenters. The summed E-state index contributed by atoms with van der Waals surface area (Å²) in [5.41, 5.74) is 0. The van der Waals surface area contributed by atoms with Gasteiger partial charge in [-0.15, -0.1) is 11.6 Å². The van der Waals surface area contributed by atoms with Gasteiger partial charge < -0.3 is 1.43 Å². The molecule has 0 spiro atoms. The minimum atomic E-state index is -3.81. The molecule has 0 aliphatic rings. The summed E-state index contributed by atoms with van der Waals surface area (Å²) in [6, 6.07) is 0. The summed E-state index contributed by atoms with van der Waals surface area (Å²) in [5, 5.41) is 0. The van der Waals surface area contributed by atoms with Gasteiger partial charge in [0.05, 0.1) is 5.75 Å². The number of rotatable bonds is 2. The summed E-state index contributed by atoms with van der Waals surface area (Å²) in [5.74, 6) is -0.423. The fraction of sp³-hybridized carbons (Fsp3) is 1.00. The van der Waals surface area contributed by atoms with Crippen molar-refractivity contribution in [3.63, 3.8) is 0 Å². The molecule has 0 heterocycles. The molecule has 6 heteroatoms. The molecular formula is C2H6ClNaO3S. The zero-order valence-electron chi connectivity index (χ0n) is 5.46. The predicted octanol–water partition coefficient (Wildman–Crippen LogP) is -2.77. The Kier molecular flexibility index (Phi) is 7.49. The van der Waals surface area contributed by atoms with Crippen LogP contribution in [0.5, 0.6) is 0 Å². The van der Waals surface area contributed by atoms with Crippen LogP contribution in [0.4, 0.5) is 0 Å². The van der Waals surface area contributed by atoms with E-state index in [9.17, 15) is 8.42 Å². The van der Waals surface area contributed by atoms with Crippen molar-refractivity contribution < 1.29 is 44.0 Å². The Morgan fingerprint density at radius 1 is 1.62 bits per heavy atom. The minimum absolute atomic E-state index is 0. The van der Waals surface area contributed by atoms with Crippen LogP contribution >= 0.6 is 11.6 Å². The number of halogens is 1. The monoisotopic (exact) mass is 168 g/mol. The van der Waals surface area contributed by atoms with Crippen LogP contribution < -0.4 is 29.6 Å². The van der Waals surface area contributed by atoms with Crippen molar-refractivity contribution in [3.05, 3.63) is 0 Å². The van der Waals surface area contributed by atoms with Crippen LogP contribution in [0.3, 0.4) is 0 Å². The first kappa shape index (κ1) is 11.9. The summed E-state index contributed by atoms with van der Waals surface area (Å²) in [6.45, 7) is 0. The van der Waals surface area contributed by atoms with Gasteiger partial charge in [-0.25, -0.2) is 0 Å². The van der Waals surface area contributed by atoms with Gasteiger partial charge in [0.25, 0.3) is 10.1 Å². The number of hydrogen-bond donors (Lipinski definition) is 1. The third-order valence-electron chi connectivity index (χ3n) is 0.335. The van der Waals surface area contributed by atoms with Crippen molar-refractivity contribution in [1.29, 1.82) is 0 Å². The topological polar surface area (TPSA) is 54.4 Å². The number of hydrogen-bond acceptors (Lipinski definition) is 2. The molecule has 0 aromatic heterocycles. The van der Waals surface area contributed by atoms with Crippen molar-refractivity contribution in [2.75, 3.05) is 11.6 Å². The Morgan fingerprint density at radius 3 is 2.00 bits per heavy atom. The van der Waals surface area contributed by atoms with Gasteiger partial charge in [-0.2, -0.15) is 8.42 Å². The van der Waals surface area contributed by atoms with Crippen LogP contribution in [0.25, 0.3) is 0 Å². The summed E-state index contributed by atoms with van der Waals surface area (Å²) in [7, 11) is -3.81. The maximum absolute atomic E-state index is 9.70. The molecule has 0 saturated heterocycles. The molecule has 0 radical (unpaired) electrons. The zero-order valence-corrected chi connectivity index (χ0v) is 8.04. The van der Waals surface area contributed by atoms with Crippen molar-refractivity contribution in [2.24, 2.45) is 0 Å². The van der Waals surface area contributed by atoms with E-state index in [1.165, 1.54) is 0 Å². The van der Waals surface area contributed by atoms with E-state index in [1.54, 1.807) is 0 Å². The van der Waals surface area contributed by atoms with Crippen LogP contribution in [0, 0.1) is 0 Å². The van der Waals surface area contributed by atoms with Crippen LogP contribution in [-0.4, -0.2) is 24.6 Å². The average Bonchev–Trinajstić information content (AvgIpc) is 1.30. The third kappa shape index (κ3) is 10.2. The average molecular weight is 169 g/mol. The molecule has 0 rings (SSSR count). The van der Waals surface area contributed by atoms with Crippen molar-refractivity contribution in [1.82, 2.24) is 0 Å². The van der Waals surface area contributed by atoms with Gasteiger partial charge in [-0.3, -0.25) is 4.55 Å². The zero-order chi connectivity index (χ0) is 5.91. The van der Waals surface area contributed by atoms with E-state index in [0.717, 1.165) is 0 Å². The summed E-state index contributed by atoms with van der Waals surface area (Å²) >= 11 is 4.95. The molecule has 46 valence electrons. The third-order valence-corrected chi connectivity index (χ3v) is 1.47. The van der Waals surface area contributed by atoms with E-state index < -0.39 is 10.1 Å². The van der Waals surface area contributed by atoms with E-state index in [2.05, 4.69) is 0 Å². The quantitative estimate of drug-likeness (QED) is 0.276. The standard InChI is InChI=1S/C2H5ClO3S.Na.H/c3-1-2-7(4,5)6;;/h1-2H2,(H,4,5,6);;/q;+1;-1. The maximum Gasteiger partial charge on any atom is 1.00 e. The van der Waals surface area contributed by atoms with Gasteiger partial charge in [0.2, 0.25) is 0 Å². The Balaban J connectivity index is -0.000000180. The van der Waals surface area contributed by atoms with E-state index in [-0.39, 0.29) is 42.6 Å². The molecule has 0 amide bonds. The van der Waals surface area contributed by atoms with Gasteiger partial charge in [0.15, 0.2) is 0 Å². The maximum atomic E-state index is 9.70. The van der Waals surface area contributed by atoms with Gasteiger partial charge >= 0.3 is 29.6 Å². The normalized spacial score (nSPS) is 10.2. The molecular weight excluding hydrogens is 163 g/mol. The molecule has 8 heavy (non-hydrogen) atoms. The van der Waals surface area contributed by atoms with Crippen LogP contribution in [-0.2, 0) is 10.1 Å². The fourth-order valence-electron chi connectivity index (χ4n) is 0.0975. The Morgan fingerprint density at radius 2 is 2.00 bits per heavy atom. The molecule has 0 aromatic carbocycles. The largest absolute Gasteiger partial charge is 1.00 e. The molecule has 3 nitrogen and oxygen atoms in total. The Bertz CT molecular complexity index is 135. The second kappa shape index (κ2) is 5.02. The second-order valence-corrected chi connectivity index (χ2v) is 2.93. The first-order valence-corrected chi connectivity index (χ1v) is 3.72. The summed E-state index contributed by atoms with van der Waals surface area (Å²) in [4.78, 5) is 0. The summed E-state index contributed by atoms with van der Waals surface area (Å²) in [6.07, 6.45) is 0. The molecule has 0 bridgehead atoms. The molecule has 0 aliphatic heterocycles. The van der Waals surface area contributed by atoms with E-state index >= 15 is 0 Å². The van der Waals surface area contributed by atoms with Gasteiger partial charge in [-0.05, 0) is 0 Å². The molecule has 0 aliphatic carbocycles. The molecule has 0 unspecified atom stereocenters. The molecule has 0 fully saturated rings. The van der Waals surface area contributed by atoms with Crippen LogP contribution in [0.2, 0.25) is 0 Å². The van der Waals surface area contributed by atoms with Gasteiger partial charge in [0.1, 0.15) is 0 Å². The van der Waals surface area contributed by atoms with Gasteiger partial charge in [-0.1, -0.05) is 0 Å². The smallest absolute Gasteiger partial charge is 1.00 e. The van der Waals surface area contributed by atoms with Crippen molar-refractivity contribution in [2.45, 2.75) is 0 Å². The Labute approximate surface area is 76.9 Å². The fourth-order valence-corrected chi connectivity index (χ4v) is 0.877. The van der Waals surface area contributed by atoms with Crippen molar-refractivity contribution in [3.8, 4) is 0 Å². The van der Waals surface area contributed by atoms with Crippen LogP contribution in [0.15, 0.2) is 0 Å². The minimum Gasteiger partial charge on any atom is -1.00 e. The molecule has 1 N–H and O–H groups in total. The second-order valence-electron chi connectivity index (χ2n) is 0.975. The van der Waals surface area contributed by atoms with E-state index in [0.29, 0.717) is 0 Å². The number of alkyl halides is 1. The SMILES string of the molecule is O=S(=O)(O)CCCl.[H-].[Na+]. The van der Waals surface area contributed by atoms with Crippen LogP contribution in [0.1, 0.15) is 1.43 Å². The first-order chi connectivity index (χ1) is 3.06. The van der Waals surface area contributed by atoms with E-state index in [4.69, 9.17) is 16.2 Å². The Hall–Kier alpha value is 1.20. The first-order valence-electron chi connectivity index (χ1n) is 1.57. The molecule has 0 saturated carbocycles. The van der Waals surface area contributed by atoms with E-state index in [1.807, 2.05) is 0 Å². The predicted molar refractivity (Wildman–Crippen MR) is 28.2 cm³/mol. The van der Waals surface area contributed by atoms with Crippen molar-refractivity contribution >= 4 is 21.7 Å².